The van der Waals surface area contributed by atoms with Crippen LogP contribution in [-0.2, 0) is 0 Å². The Kier molecular flexibility index (Phi) is 16.8. The highest BCUT2D eigenvalue weighted by Crippen LogP contribution is 2.32. The van der Waals surface area contributed by atoms with Gasteiger partial charge >= 0.3 is 13.2 Å². The molecule has 20 heteroatoms. The first-order valence-electron chi connectivity index (χ1n) is 19.2. The Balaban J connectivity index is 0.000000320. The fraction of sp³-hybridized carbons (Fsp3) is 0.500. The van der Waals surface area contributed by atoms with E-state index < -0.39 is 38.2 Å². The topological polar surface area (TPSA) is 126 Å². The van der Waals surface area contributed by atoms with Gasteiger partial charge in [0.25, 0.3) is 24.7 Å². The number of aromatic nitrogens is 2. The molecule has 10 nitrogen and oxygen atoms in total. The van der Waals surface area contributed by atoms with Crippen LogP contribution in [0, 0.1) is 0 Å². The minimum Gasteiger partial charge on any atom is -0.433 e. The highest BCUT2D eigenvalue weighted by Gasteiger charge is 2.28. The molecule has 2 aromatic heterocycles. The fourth-order valence-corrected chi connectivity index (χ4v) is 7.55. The molecule has 0 unspecified atom stereocenters. The van der Waals surface area contributed by atoms with Crippen molar-refractivity contribution in [1.82, 2.24) is 31.2 Å². The smallest absolute Gasteiger partial charge is 0.387 e. The summed E-state index contributed by atoms with van der Waals surface area (Å²) in [5, 5.41) is 12.7. The van der Waals surface area contributed by atoms with Gasteiger partial charge in [-0.2, -0.15) is 17.6 Å². The molecule has 332 valence electrons. The number of carbonyl (C=O) groups is 2. The first-order valence-corrected chi connectivity index (χ1v) is 20.0. The Morgan fingerprint density at radius 3 is 1.23 bits per heavy atom. The second-order valence-corrected chi connectivity index (χ2v) is 15.6. The molecule has 2 aliphatic carbocycles. The minimum absolute atomic E-state index is 0. The summed E-state index contributed by atoms with van der Waals surface area (Å²) < 4.78 is 109. The van der Waals surface area contributed by atoms with Crippen molar-refractivity contribution in [1.29, 1.82) is 0 Å². The van der Waals surface area contributed by atoms with Crippen LogP contribution in [0.4, 0.5) is 35.1 Å². The van der Waals surface area contributed by atoms with Gasteiger partial charge in [0.05, 0.1) is 44.3 Å². The molecule has 0 aliphatic heterocycles. The molecule has 0 bridgehead atoms. The molecule has 4 N–H and O–H groups in total. The number of alkyl halides is 8. The normalized spacial score (nSPS) is 20.5. The lowest BCUT2D eigenvalue weighted by Gasteiger charge is -2.31. The number of halogens is 10. The summed E-state index contributed by atoms with van der Waals surface area (Å²) in [6.07, 6.45) is 3.40. The molecule has 2 heterocycles. The summed E-state index contributed by atoms with van der Waals surface area (Å²) in [6.45, 7) is -3.09. The van der Waals surface area contributed by atoms with Gasteiger partial charge < -0.3 is 30.7 Å². The molecule has 0 radical (unpaired) electrons. The zero-order chi connectivity index (χ0) is 43.7. The molecular formula is C40H48Cl2F8N6O4. The third-order valence-electron chi connectivity index (χ3n) is 10.3. The van der Waals surface area contributed by atoms with Crippen molar-refractivity contribution >= 4 is 56.8 Å². The van der Waals surface area contributed by atoms with E-state index in [0.717, 1.165) is 0 Å². The van der Waals surface area contributed by atoms with E-state index in [1.54, 1.807) is 12.1 Å². The van der Waals surface area contributed by atoms with E-state index in [0.29, 0.717) is 84.3 Å². The van der Waals surface area contributed by atoms with E-state index in [9.17, 15) is 44.7 Å². The number of amides is 2. The van der Waals surface area contributed by atoms with E-state index >= 15 is 0 Å². The molecule has 2 fully saturated rings. The first kappa shape index (κ1) is 46.8. The maximum absolute atomic E-state index is 12.7. The number of ether oxygens (including phenoxy) is 2. The lowest BCUT2D eigenvalue weighted by molar-refractivity contribution is -0.0503. The lowest BCUT2D eigenvalue weighted by atomic mass is 9.90. The molecular weight excluding hydrogens is 851 g/mol. The summed E-state index contributed by atoms with van der Waals surface area (Å²) in [5.74, 6) is -0.998. The third-order valence-corrected chi connectivity index (χ3v) is 10.9. The van der Waals surface area contributed by atoms with Gasteiger partial charge in [-0.1, -0.05) is 23.2 Å². The van der Waals surface area contributed by atoms with Crippen molar-refractivity contribution in [2.24, 2.45) is 0 Å². The highest BCUT2D eigenvalue weighted by molar-refractivity contribution is 6.33. The molecule has 2 aliphatic rings. The zero-order valence-electron chi connectivity index (χ0n) is 32.4. The Bertz CT molecular complexity index is 1940. The van der Waals surface area contributed by atoms with Gasteiger partial charge in [-0.3, -0.25) is 19.6 Å². The van der Waals surface area contributed by atoms with Crippen LogP contribution in [0.5, 0.6) is 11.5 Å². The molecule has 2 amide bonds. The number of benzene rings is 2. The van der Waals surface area contributed by atoms with Crippen LogP contribution in [0.1, 0.15) is 88.8 Å². The Hall–Kier alpha value is -4.26. The summed E-state index contributed by atoms with van der Waals surface area (Å²) in [4.78, 5) is 33.4. The van der Waals surface area contributed by atoms with E-state index in [-0.39, 0.29) is 60.4 Å². The van der Waals surface area contributed by atoms with Gasteiger partial charge in [0, 0.05) is 62.3 Å². The van der Waals surface area contributed by atoms with Gasteiger partial charge in [-0.15, -0.1) is 0 Å². The predicted octanol–water partition coefficient (Wildman–Crippen LogP) is 10.0. The molecule has 6 rings (SSSR count). The standard InChI is InChI=1S/2C20H22ClF4N3O2.2H2/c2*1-10(18(22)23)27-13-2-4-14(5-3-13)28-19(29)12-6-11-7-15(21)17(30-20(24)25)8-16(11)26-9-12;;/h2*6-10,13-14,18,20,27H,2-5H2,1H3,(H,28,29);2*1H/t2*10-,13?,14?;;/m10../s1. The molecule has 4 aromatic rings. The Labute approximate surface area is 353 Å². The predicted molar refractivity (Wildman–Crippen MR) is 215 cm³/mol. The molecule has 0 saturated heterocycles. The molecule has 2 atom stereocenters. The van der Waals surface area contributed by atoms with Crippen molar-refractivity contribution in [3.63, 3.8) is 0 Å². The highest BCUT2D eigenvalue weighted by atomic mass is 35.5. The number of carbonyl (C=O) groups excluding carboxylic acids is 2. The van der Waals surface area contributed by atoms with Gasteiger partial charge in [-0.25, -0.2) is 17.6 Å². The average molecular weight is 900 g/mol. The van der Waals surface area contributed by atoms with Gasteiger partial charge in [-0.05, 0) is 89.5 Å². The lowest BCUT2D eigenvalue weighted by Crippen LogP contribution is -2.46. The minimum atomic E-state index is -3.01. The number of nitrogens with zero attached hydrogens (tertiary/aromatic N) is 2. The Morgan fingerprint density at radius 2 is 0.917 bits per heavy atom. The average Bonchev–Trinajstić information content (AvgIpc) is 3.19. The molecule has 2 saturated carbocycles. The second-order valence-electron chi connectivity index (χ2n) is 14.8. The quantitative estimate of drug-likeness (QED) is 0.0923. The van der Waals surface area contributed by atoms with Gasteiger partial charge in [0.1, 0.15) is 11.5 Å². The van der Waals surface area contributed by atoms with Crippen LogP contribution in [0.25, 0.3) is 21.8 Å². The van der Waals surface area contributed by atoms with Gasteiger partial charge in [0.15, 0.2) is 0 Å². The van der Waals surface area contributed by atoms with E-state index in [1.165, 1.54) is 50.5 Å². The largest absolute Gasteiger partial charge is 0.433 e. The van der Waals surface area contributed by atoms with Gasteiger partial charge in [0.2, 0.25) is 0 Å². The number of rotatable bonds is 14. The van der Waals surface area contributed by atoms with E-state index in [4.69, 9.17) is 23.2 Å². The SMILES string of the molecule is C[C@@H](NC1CCC(NC(=O)c2cnc3cc(OC(F)F)c(Cl)cc3c2)CC1)C(F)F.C[C@H](NC1CCC(NC(=O)c2cnc3cc(OC(F)F)c(Cl)cc3c2)CC1)C(F)F.[HH].[HH]. The number of hydrogen-bond acceptors (Lipinski definition) is 8. The number of pyridine rings is 2. The number of nitrogens with one attached hydrogen (secondary N) is 4. The third kappa shape index (κ3) is 13.4. The van der Waals surface area contributed by atoms with Crippen LogP contribution in [0.3, 0.4) is 0 Å². The summed E-state index contributed by atoms with van der Waals surface area (Å²) in [7, 11) is 0. The molecule has 60 heavy (non-hydrogen) atoms. The zero-order valence-corrected chi connectivity index (χ0v) is 33.9. The number of fused-ring (bicyclic) bond motifs is 2. The summed E-state index contributed by atoms with van der Waals surface area (Å²) in [5.41, 5.74) is 1.36. The van der Waals surface area contributed by atoms with Crippen LogP contribution in [0.15, 0.2) is 48.8 Å². The van der Waals surface area contributed by atoms with E-state index in [2.05, 4.69) is 40.7 Å². The van der Waals surface area contributed by atoms with Crippen LogP contribution < -0.4 is 30.7 Å². The maximum atomic E-state index is 12.7. The van der Waals surface area contributed by atoms with Crippen molar-refractivity contribution in [2.75, 3.05) is 0 Å². The Morgan fingerprint density at radius 1 is 0.583 bits per heavy atom. The maximum Gasteiger partial charge on any atom is 0.387 e. The van der Waals surface area contributed by atoms with Crippen molar-refractivity contribution in [2.45, 2.75) is 128 Å². The molecule has 0 spiro atoms. The van der Waals surface area contributed by atoms with E-state index in [1.807, 2.05) is 0 Å². The van der Waals surface area contributed by atoms with Crippen molar-refractivity contribution < 1.29 is 57.0 Å². The van der Waals surface area contributed by atoms with Crippen molar-refractivity contribution in [3.05, 3.63) is 70.0 Å². The van der Waals surface area contributed by atoms with Crippen LogP contribution in [-0.4, -0.2) is 84.1 Å². The number of hydrogen-bond donors (Lipinski definition) is 4. The van der Waals surface area contributed by atoms with Crippen LogP contribution in [0.2, 0.25) is 10.0 Å². The summed E-state index contributed by atoms with van der Waals surface area (Å²) in [6, 6.07) is 6.76. The van der Waals surface area contributed by atoms with Crippen molar-refractivity contribution in [3.8, 4) is 11.5 Å². The first-order chi connectivity index (χ1) is 28.4. The second kappa shape index (κ2) is 21.5. The fourth-order valence-electron chi connectivity index (χ4n) is 7.11. The summed E-state index contributed by atoms with van der Waals surface area (Å²) >= 11 is 11.9. The van der Waals surface area contributed by atoms with Crippen LogP contribution >= 0.6 is 23.2 Å². The monoisotopic (exact) mass is 898 g/mol. The molecule has 2 aromatic carbocycles.